The zero-order valence-electron chi connectivity index (χ0n) is 19.8. The van der Waals surface area contributed by atoms with Crippen molar-refractivity contribution in [1.82, 2.24) is 34.9 Å². The van der Waals surface area contributed by atoms with E-state index >= 15 is 0 Å². The highest BCUT2D eigenvalue weighted by atomic mass is 32.2. The van der Waals surface area contributed by atoms with Crippen LogP contribution in [0.1, 0.15) is 12.0 Å². The number of hydrogen-bond acceptors (Lipinski definition) is 9. The summed E-state index contributed by atoms with van der Waals surface area (Å²) in [5.41, 5.74) is 1.31. The third-order valence-corrected chi connectivity index (χ3v) is 7.52. The van der Waals surface area contributed by atoms with E-state index in [2.05, 4.69) is 54.2 Å². The van der Waals surface area contributed by atoms with E-state index in [-0.39, 0.29) is 5.91 Å². The van der Waals surface area contributed by atoms with E-state index in [1.165, 1.54) is 10.5 Å². The summed E-state index contributed by atoms with van der Waals surface area (Å²) in [6, 6.07) is 11.4. The maximum Gasteiger partial charge on any atom is 0.325 e. The van der Waals surface area contributed by atoms with Crippen molar-refractivity contribution in [2.45, 2.75) is 30.3 Å². The quantitative estimate of drug-likeness (QED) is 0.350. The number of piperazine rings is 1. The fourth-order valence-corrected chi connectivity index (χ4v) is 5.45. The maximum atomic E-state index is 12.9. The molecule has 2 saturated heterocycles. The van der Waals surface area contributed by atoms with Crippen molar-refractivity contribution in [3.8, 4) is 0 Å². The first kappa shape index (κ1) is 23.6. The van der Waals surface area contributed by atoms with Gasteiger partial charge in [-0.1, -0.05) is 42.1 Å². The molecule has 0 saturated carbocycles. The summed E-state index contributed by atoms with van der Waals surface area (Å²) >= 11 is 1.60. The van der Waals surface area contributed by atoms with E-state index in [1.807, 2.05) is 6.07 Å². The normalized spacial score (nSPS) is 22.8. The van der Waals surface area contributed by atoms with Crippen LogP contribution in [0.3, 0.4) is 0 Å². The lowest BCUT2D eigenvalue weighted by Gasteiger charge is -2.40. The first-order chi connectivity index (χ1) is 17.1. The largest absolute Gasteiger partial charge is 0.340 e. The number of urea groups is 1. The maximum absolute atomic E-state index is 12.9. The molecule has 2 atom stereocenters. The molecule has 11 heteroatoms. The van der Waals surface area contributed by atoms with E-state index < -0.39 is 18.2 Å². The number of likely N-dealkylation sites (N-methyl/N-ethyl adjacent to an activating group) is 1. The molecule has 1 aromatic carbocycles. The average Bonchev–Trinajstić information content (AvgIpc) is 3.27. The molecule has 2 aromatic rings. The third kappa shape index (κ3) is 5.25. The van der Waals surface area contributed by atoms with E-state index in [1.54, 1.807) is 37.3 Å². The molecular weight excluding hydrogens is 464 g/mol. The molecule has 4 heterocycles. The fraction of sp³-hybridized carbons (Fsp3) is 0.458. The number of hydrogen-bond donors (Lipinski definition) is 1. The SMILES string of the molecule is CN1C(=O)NC(=O)C2C1N=C(N1CCN(Cc3ccccc3)CC1)N2CCCSc1ncccn1. The summed E-state index contributed by atoms with van der Waals surface area (Å²) in [5, 5.41) is 3.23. The van der Waals surface area contributed by atoms with Crippen LogP contribution in [-0.4, -0.2) is 105 Å². The summed E-state index contributed by atoms with van der Waals surface area (Å²) in [6.07, 6.45) is 3.81. The summed E-state index contributed by atoms with van der Waals surface area (Å²) < 4.78 is 0. The lowest BCUT2D eigenvalue weighted by Crippen LogP contribution is -2.64. The van der Waals surface area contributed by atoms with Gasteiger partial charge in [-0.2, -0.15) is 0 Å². The molecule has 184 valence electrons. The second kappa shape index (κ2) is 10.6. The molecular formula is C24H30N8O2S. The first-order valence-electron chi connectivity index (χ1n) is 11.9. The highest BCUT2D eigenvalue weighted by molar-refractivity contribution is 7.99. The molecule has 0 radical (unpaired) electrons. The van der Waals surface area contributed by atoms with Crippen molar-refractivity contribution in [3.63, 3.8) is 0 Å². The molecule has 1 aromatic heterocycles. The molecule has 0 aliphatic carbocycles. The summed E-state index contributed by atoms with van der Waals surface area (Å²) in [5.74, 6) is 1.36. The van der Waals surface area contributed by atoms with Gasteiger partial charge < -0.3 is 14.7 Å². The Bertz CT molecular complexity index is 1060. The topological polar surface area (TPSA) is 97.3 Å². The Hall–Kier alpha value is -3.18. The van der Waals surface area contributed by atoms with Gasteiger partial charge in [-0.25, -0.2) is 19.8 Å². The zero-order valence-corrected chi connectivity index (χ0v) is 20.6. The van der Waals surface area contributed by atoms with Crippen LogP contribution in [0.25, 0.3) is 0 Å². The first-order valence-corrected chi connectivity index (χ1v) is 12.9. The number of rotatable bonds is 7. The zero-order chi connectivity index (χ0) is 24.2. The molecule has 10 nitrogen and oxygen atoms in total. The van der Waals surface area contributed by atoms with Crippen LogP contribution in [0.15, 0.2) is 58.9 Å². The summed E-state index contributed by atoms with van der Waals surface area (Å²) in [4.78, 5) is 46.8. The van der Waals surface area contributed by atoms with Gasteiger partial charge in [0.1, 0.15) is 0 Å². The monoisotopic (exact) mass is 494 g/mol. The van der Waals surface area contributed by atoms with Crippen LogP contribution in [0.5, 0.6) is 0 Å². The lowest BCUT2D eigenvalue weighted by molar-refractivity contribution is -0.127. The van der Waals surface area contributed by atoms with Crippen molar-refractivity contribution in [2.75, 3.05) is 45.5 Å². The molecule has 0 bridgehead atoms. The number of nitrogens with zero attached hydrogens (tertiary/aromatic N) is 7. The summed E-state index contributed by atoms with van der Waals surface area (Å²) in [7, 11) is 1.70. The second-order valence-electron chi connectivity index (χ2n) is 8.87. The van der Waals surface area contributed by atoms with E-state index in [9.17, 15) is 9.59 Å². The fourth-order valence-electron chi connectivity index (χ4n) is 4.72. The average molecular weight is 495 g/mol. The number of carbonyl (C=O) groups is 2. The molecule has 5 rings (SSSR count). The molecule has 3 amide bonds. The van der Waals surface area contributed by atoms with Crippen molar-refractivity contribution < 1.29 is 9.59 Å². The van der Waals surface area contributed by atoms with Crippen LogP contribution in [-0.2, 0) is 11.3 Å². The van der Waals surface area contributed by atoms with Crippen molar-refractivity contribution in [1.29, 1.82) is 0 Å². The number of amides is 3. The van der Waals surface area contributed by atoms with E-state index in [4.69, 9.17) is 4.99 Å². The van der Waals surface area contributed by atoms with Crippen molar-refractivity contribution in [3.05, 3.63) is 54.4 Å². The molecule has 3 aliphatic rings. The van der Waals surface area contributed by atoms with Crippen LogP contribution in [0, 0.1) is 0 Å². The molecule has 2 fully saturated rings. The van der Waals surface area contributed by atoms with Crippen molar-refractivity contribution in [2.24, 2.45) is 4.99 Å². The Balaban J connectivity index is 1.25. The molecule has 1 N–H and O–H groups in total. The number of imide groups is 1. The van der Waals surface area contributed by atoms with Gasteiger partial charge in [0.25, 0.3) is 5.91 Å². The Morgan fingerprint density at radius 3 is 2.51 bits per heavy atom. The number of carbonyl (C=O) groups excluding carboxylic acids is 2. The second-order valence-corrected chi connectivity index (χ2v) is 9.93. The minimum Gasteiger partial charge on any atom is -0.340 e. The Morgan fingerprint density at radius 1 is 1.03 bits per heavy atom. The van der Waals surface area contributed by atoms with Gasteiger partial charge in [-0.05, 0) is 18.1 Å². The third-order valence-electron chi connectivity index (χ3n) is 6.56. The van der Waals surface area contributed by atoms with Crippen LogP contribution in [0.4, 0.5) is 4.79 Å². The highest BCUT2D eigenvalue weighted by Crippen LogP contribution is 2.27. The predicted octanol–water partition coefficient (Wildman–Crippen LogP) is 1.32. The Morgan fingerprint density at radius 2 is 1.77 bits per heavy atom. The van der Waals surface area contributed by atoms with Gasteiger partial charge in [-0.15, -0.1) is 0 Å². The standard InChI is InChI=1S/C24H30N8O2S/c1-29-20-19(21(33)28-24(29)34)32(11-6-16-35-22-25-9-5-10-26-22)23(27-20)31-14-12-30(13-15-31)17-18-7-3-2-4-8-18/h2-5,7-10,19-20H,6,11-17H2,1H3,(H,28,33,34). The van der Waals surface area contributed by atoms with Gasteiger partial charge in [0, 0.05) is 64.5 Å². The summed E-state index contributed by atoms with van der Waals surface area (Å²) in [6.45, 7) is 5.08. The van der Waals surface area contributed by atoms with Crippen molar-refractivity contribution >= 4 is 29.7 Å². The number of benzene rings is 1. The van der Waals surface area contributed by atoms with Crippen LogP contribution < -0.4 is 5.32 Å². The van der Waals surface area contributed by atoms with Gasteiger partial charge in [0.05, 0.1) is 0 Å². The van der Waals surface area contributed by atoms with Crippen LogP contribution in [0.2, 0.25) is 0 Å². The van der Waals surface area contributed by atoms with E-state index in [0.29, 0.717) is 6.54 Å². The predicted molar refractivity (Wildman–Crippen MR) is 134 cm³/mol. The Labute approximate surface area is 209 Å². The molecule has 3 aliphatic heterocycles. The van der Waals surface area contributed by atoms with Gasteiger partial charge in [-0.3, -0.25) is 15.0 Å². The minimum absolute atomic E-state index is 0.279. The number of fused-ring (bicyclic) bond motifs is 1. The van der Waals surface area contributed by atoms with Gasteiger partial charge in [0.2, 0.25) is 0 Å². The number of guanidine groups is 1. The molecule has 2 unspecified atom stereocenters. The number of aliphatic imine (C=N–C) groups is 1. The highest BCUT2D eigenvalue weighted by Gasteiger charge is 2.49. The van der Waals surface area contributed by atoms with Gasteiger partial charge >= 0.3 is 6.03 Å². The number of nitrogens with one attached hydrogen (secondary N) is 1. The molecule has 35 heavy (non-hydrogen) atoms. The van der Waals surface area contributed by atoms with Crippen LogP contribution >= 0.6 is 11.8 Å². The van der Waals surface area contributed by atoms with Gasteiger partial charge in [0.15, 0.2) is 23.3 Å². The minimum atomic E-state index is -0.506. The molecule has 0 spiro atoms. The van der Waals surface area contributed by atoms with E-state index in [0.717, 1.165) is 56.0 Å². The smallest absolute Gasteiger partial charge is 0.325 e. The Kier molecular flexibility index (Phi) is 7.14. The lowest BCUT2D eigenvalue weighted by atomic mass is 10.1. The number of thioether (sulfide) groups is 1. The number of aromatic nitrogens is 2.